The van der Waals surface area contributed by atoms with Gasteiger partial charge in [-0.15, -0.1) is 0 Å². The molecule has 2 N–H and O–H groups in total. The molecular weight excluding hydrogens is 206 g/mol. The van der Waals surface area contributed by atoms with Crippen LogP contribution in [0.1, 0.15) is 18.5 Å². The number of aryl methyl sites for hydroxylation is 1. The van der Waals surface area contributed by atoms with E-state index in [2.05, 4.69) is 28.0 Å². The quantitative estimate of drug-likeness (QED) is 0.811. The smallest absolute Gasteiger partial charge is 0.104 e. The van der Waals surface area contributed by atoms with E-state index in [1.165, 1.54) is 0 Å². The van der Waals surface area contributed by atoms with E-state index < -0.39 is 0 Å². The van der Waals surface area contributed by atoms with Crippen LogP contribution < -0.4 is 5.73 Å². The highest BCUT2D eigenvalue weighted by Crippen LogP contribution is 2.16. The first-order valence-corrected chi connectivity index (χ1v) is 4.34. The molecule has 1 aromatic rings. The summed E-state index contributed by atoms with van der Waals surface area (Å²) in [6.07, 6.45) is 0. The van der Waals surface area contributed by atoms with E-state index in [1.807, 2.05) is 13.1 Å². The van der Waals surface area contributed by atoms with E-state index in [4.69, 9.17) is 5.73 Å². The van der Waals surface area contributed by atoms with Crippen LogP contribution in [0, 0.1) is 0 Å². The summed E-state index contributed by atoms with van der Waals surface area (Å²) in [5.74, 6) is 0.340. The molecule has 0 aliphatic heterocycles. The summed E-state index contributed by atoms with van der Waals surface area (Å²) in [4.78, 5) is 0. The summed E-state index contributed by atoms with van der Waals surface area (Å²) in [6, 6.07) is 2.00. The highest BCUT2D eigenvalue weighted by Gasteiger charge is 2.08. The molecule has 3 nitrogen and oxygen atoms in total. The lowest BCUT2D eigenvalue weighted by molar-refractivity contribution is 0.680. The Hall–Kier alpha value is -0.350. The predicted octanol–water partition coefficient (Wildman–Crippen LogP) is 1.24. The second-order valence-corrected chi connectivity index (χ2v) is 3.46. The van der Waals surface area contributed by atoms with Crippen LogP contribution >= 0.6 is 15.9 Å². The minimum absolute atomic E-state index is 0.340. The third kappa shape index (κ3) is 1.81. The molecule has 0 saturated heterocycles. The lowest BCUT2D eigenvalue weighted by Gasteiger charge is -2.01. The maximum atomic E-state index is 5.50. The summed E-state index contributed by atoms with van der Waals surface area (Å²) >= 11 is 3.37. The van der Waals surface area contributed by atoms with Gasteiger partial charge in [0.25, 0.3) is 0 Å². The molecule has 0 radical (unpaired) electrons. The van der Waals surface area contributed by atoms with Crippen LogP contribution in [-0.4, -0.2) is 16.3 Å². The van der Waals surface area contributed by atoms with Crippen molar-refractivity contribution in [3.8, 4) is 0 Å². The average Bonchev–Trinajstić information content (AvgIpc) is 2.31. The summed E-state index contributed by atoms with van der Waals surface area (Å²) in [5.41, 5.74) is 6.54. The van der Waals surface area contributed by atoms with Gasteiger partial charge in [-0.05, 0) is 22.0 Å². The molecule has 0 bridgehead atoms. The Labute approximate surface area is 74.7 Å². The van der Waals surface area contributed by atoms with Crippen molar-refractivity contribution in [1.82, 2.24) is 9.78 Å². The molecule has 4 heteroatoms. The van der Waals surface area contributed by atoms with Gasteiger partial charge in [0.2, 0.25) is 0 Å². The molecule has 1 atom stereocenters. The highest BCUT2D eigenvalue weighted by atomic mass is 79.9. The van der Waals surface area contributed by atoms with E-state index in [-0.39, 0.29) is 0 Å². The van der Waals surface area contributed by atoms with Gasteiger partial charge < -0.3 is 5.73 Å². The van der Waals surface area contributed by atoms with E-state index in [0.29, 0.717) is 12.5 Å². The third-order valence-corrected chi connectivity index (χ3v) is 2.44. The Morgan fingerprint density at radius 2 is 2.45 bits per heavy atom. The SMILES string of the molecule is CC(CN)c1cc(Br)n(C)n1. The van der Waals surface area contributed by atoms with Gasteiger partial charge in [-0.1, -0.05) is 6.92 Å². The number of halogens is 1. The molecule has 1 unspecified atom stereocenters. The topological polar surface area (TPSA) is 43.8 Å². The molecule has 0 saturated carbocycles. The van der Waals surface area contributed by atoms with Crippen molar-refractivity contribution < 1.29 is 0 Å². The standard InChI is InChI=1S/C7H12BrN3/c1-5(4-9)6-3-7(8)11(2)10-6/h3,5H,4,9H2,1-2H3. The first-order chi connectivity index (χ1) is 5.15. The lowest BCUT2D eigenvalue weighted by atomic mass is 10.1. The van der Waals surface area contributed by atoms with Crippen molar-refractivity contribution in [3.63, 3.8) is 0 Å². The van der Waals surface area contributed by atoms with Gasteiger partial charge >= 0.3 is 0 Å². The van der Waals surface area contributed by atoms with Gasteiger partial charge in [0.05, 0.1) is 5.69 Å². The van der Waals surface area contributed by atoms with E-state index in [9.17, 15) is 0 Å². The molecular formula is C7H12BrN3. The van der Waals surface area contributed by atoms with Crippen molar-refractivity contribution in [3.05, 3.63) is 16.4 Å². The van der Waals surface area contributed by atoms with Gasteiger partial charge in [-0.25, -0.2) is 0 Å². The Kier molecular flexibility index (Phi) is 2.67. The number of hydrogen-bond donors (Lipinski definition) is 1. The minimum Gasteiger partial charge on any atom is -0.330 e. The minimum atomic E-state index is 0.340. The Bertz CT molecular complexity index is 224. The normalized spacial score (nSPS) is 13.5. The fourth-order valence-electron chi connectivity index (χ4n) is 0.827. The number of nitrogens with zero attached hydrogens (tertiary/aromatic N) is 2. The van der Waals surface area contributed by atoms with Crippen LogP contribution in [0.15, 0.2) is 10.7 Å². The van der Waals surface area contributed by atoms with E-state index >= 15 is 0 Å². The first kappa shape index (κ1) is 8.74. The lowest BCUT2D eigenvalue weighted by Crippen LogP contribution is -2.09. The first-order valence-electron chi connectivity index (χ1n) is 3.54. The second kappa shape index (κ2) is 3.36. The van der Waals surface area contributed by atoms with E-state index in [0.717, 1.165) is 10.3 Å². The summed E-state index contributed by atoms with van der Waals surface area (Å²) in [5, 5.41) is 4.27. The Balaban J connectivity index is 2.88. The Morgan fingerprint density at radius 3 is 2.82 bits per heavy atom. The fraction of sp³-hybridized carbons (Fsp3) is 0.571. The zero-order chi connectivity index (χ0) is 8.43. The zero-order valence-electron chi connectivity index (χ0n) is 6.71. The molecule has 0 aromatic carbocycles. The Morgan fingerprint density at radius 1 is 1.82 bits per heavy atom. The molecule has 11 heavy (non-hydrogen) atoms. The van der Waals surface area contributed by atoms with Gasteiger partial charge in [0, 0.05) is 19.5 Å². The van der Waals surface area contributed by atoms with Gasteiger partial charge in [0.1, 0.15) is 4.60 Å². The fourth-order valence-corrected chi connectivity index (χ4v) is 1.14. The molecule has 62 valence electrons. The largest absolute Gasteiger partial charge is 0.330 e. The van der Waals surface area contributed by atoms with Crippen LogP contribution in [0.5, 0.6) is 0 Å². The van der Waals surface area contributed by atoms with Crippen LogP contribution in [0.3, 0.4) is 0 Å². The molecule has 0 spiro atoms. The van der Waals surface area contributed by atoms with Crippen molar-refractivity contribution in [2.45, 2.75) is 12.8 Å². The van der Waals surface area contributed by atoms with Crippen LogP contribution in [-0.2, 0) is 7.05 Å². The van der Waals surface area contributed by atoms with Crippen LogP contribution in [0.25, 0.3) is 0 Å². The summed E-state index contributed by atoms with van der Waals surface area (Å²) in [7, 11) is 1.90. The summed E-state index contributed by atoms with van der Waals surface area (Å²) in [6.45, 7) is 2.71. The van der Waals surface area contributed by atoms with Gasteiger partial charge in [0.15, 0.2) is 0 Å². The maximum Gasteiger partial charge on any atom is 0.104 e. The monoisotopic (exact) mass is 217 g/mol. The van der Waals surface area contributed by atoms with Crippen molar-refractivity contribution in [2.75, 3.05) is 6.54 Å². The molecule has 0 aliphatic carbocycles. The molecule has 0 aliphatic rings. The maximum absolute atomic E-state index is 5.50. The molecule has 1 aromatic heterocycles. The average molecular weight is 218 g/mol. The molecule has 0 amide bonds. The van der Waals surface area contributed by atoms with Crippen LogP contribution in [0.4, 0.5) is 0 Å². The number of rotatable bonds is 2. The van der Waals surface area contributed by atoms with Crippen molar-refractivity contribution in [2.24, 2.45) is 12.8 Å². The van der Waals surface area contributed by atoms with Crippen molar-refractivity contribution >= 4 is 15.9 Å². The molecule has 1 rings (SSSR count). The highest BCUT2D eigenvalue weighted by molar-refractivity contribution is 9.10. The number of aromatic nitrogens is 2. The van der Waals surface area contributed by atoms with Gasteiger partial charge in [-0.2, -0.15) is 5.10 Å². The third-order valence-electron chi connectivity index (χ3n) is 1.70. The number of nitrogens with two attached hydrogens (primary N) is 1. The predicted molar refractivity (Wildman–Crippen MR) is 48.4 cm³/mol. The molecule has 0 fully saturated rings. The molecule has 1 heterocycles. The number of hydrogen-bond acceptors (Lipinski definition) is 2. The van der Waals surface area contributed by atoms with Crippen molar-refractivity contribution in [1.29, 1.82) is 0 Å². The second-order valence-electron chi connectivity index (χ2n) is 2.65. The summed E-state index contributed by atoms with van der Waals surface area (Å²) < 4.78 is 2.79. The van der Waals surface area contributed by atoms with E-state index in [1.54, 1.807) is 4.68 Å². The van der Waals surface area contributed by atoms with Gasteiger partial charge in [-0.3, -0.25) is 4.68 Å². The zero-order valence-corrected chi connectivity index (χ0v) is 8.30. The van der Waals surface area contributed by atoms with Crippen LogP contribution in [0.2, 0.25) is 0 Å².